The van der Waals surface area contributed by atoms with Crippen molar-refractivity contribution in [3.8, 4) is 46.0 Å². The van der Waals surface area contributed by atoms with Crippen LogP contribution in [0.4, 0.5) is 0 Å². The van der Waals surface area contributed by atoms with E-state index in [-0.39, 0.29) is 60.1 Å². The van der Waals surface area contributed by atoms with Crippen molar-refractivity contribution >= 4 is 11.8 Å². The number of hydrogen-bond acceptors (Lipinski definition) is 9. The molecule has 0 aliphatic carbocycles. The van der Waals surface area contributed by atoms with Gasteiger partial charge in [0.15, 0.2) is 0 Å². The molecular formula is C101H148O8S. The second-order valence-corrected chi connectivity index (χ2v) is 43.0. The third-order valence-electron chi connectivity index (χ3n) is 20.5. The van der Waals surface area contributed by atoms with Crippen molar-refractivity contribution in [2.24, 2.45) is 0 Å². The maximum Gasteiger partial charge on any atom is 0.123 e. The van der Waals surface area contributed by atoms with E-state index in [1.807, 2.05) is 50.2 Å². The standard InChI is InChI=1S/C26H38O2.C23H32O2.C22H30O2S.2C15H24O/c1-10-11-18(19-14-21(25(4,5)6)23(27)12-16(19)2)20-15-22(26(7,8)9)24(28)13-17(20)3;1-14-9-16(20(24)18(11-14)22(3,4)5)13-17-10-15(2)12-19(21(17)25)23(6,7)8;1-13-9-17(23)15(21(3,4)5)11-19(13)25-20-12-16(22(6,7)8)18(24)10-14(20)2;2*1-10-8-11(14(2,3)4)13(16)12(9-10)15(5,6)7/h12-15,18,27-28H,10-11H2,1-9H3;9-12,24-25H,13H2,1-8H3;9-12,23-24H,1-8H3;2*8-9,16H,1-7H3. The molecule has 0 spiro atoms. The molecule has 8 nitrogen and oxygen atoms in total. The van der Waals surface area contributed by atoms with Crippen LogP contribution >= 0.6 is 11.8 Å². The van der Waals surface area contributed by atoms with Gasteiger partial charge in [0.1, 0.15) is 46.0 Å². The average molecular weight is 1520 g/mol. The minimum absolute atomic E-state index is 0.0178. The van der Waals surface area contributed by atoms with Crippen molar-refractivity contribution in [2.45, 2.75) is 359 Å². The molecule has 0 radical (unpaired) electrons. The summed E-state index contributed by atoms with van der Waals surface area (Å²) in [4.78, 5) is 2.27. The van der Waals surface area contributed by atoms with E-state index in [0.29, 0.717) is 52.4 Å². The van der Waals surface area contributed by atoms with Crippen molar-refractivity contribution in [3.05, 3.63) is 219 Å². The van der Waals surface area contributed by atoms with Gasteiger partial charge >= 0.3 is 0 Å². The fraction of sp³-hybridized carbons (Fsp3) is 0.525. The van der Waals surface area contributed by atoms with E-state index >= 15 is 0 Å². The molecule has 0 atom stereocenters. The number of benzene rings is 8. The summed E-state index contributed by atoms with van der Waals surface area (Å²) in [6, 6.07) is 32.6. The predicted molar refractivity (Wildman–Crippen MR) is 473 cm³/mol. The quantitative estimate of drug-likeness (QED) is 0.0740. The summed E-state index contributed by atoms with van der Waals surface area (Å²) in [7, 11) is 0. The van der Waals surface area contributed by atoms with Crippen LogP contribution in [0.5, 0.6) is 46.0 Å². The second-order valence-electron chi connectivity index (χ2n) is 41.9. The molecular weight excluding hydrogens is 1370 g/mol. The minimum Gasteiger partial charge on any atom is -0.508 e. The molecule has 8 rings (SSSR count). The van der Waals surface area contributed by atoms with Gasteiger partial charge in [-0.15, -0.1) is 0 Å². The molecule has 0 saturated heterocycles. The molecule has 0 aromatic heterocycles. The Morgan fingerprint density at radius 2 is 0.445 bits per heavy atom. The van der Waals surface area contributed by atoms with Gasteiger partial charge in [0, 0.05) is 33.3 Å². The zero-order valence-corrected chi connectivity index (χ0v) is 76.7. The van der Waals surface area contributed by atoms with E-state index in [4.69, 9.17) is 0 Å². The largest absolute Gasteiger partial charge is 0.508 e. The third kappa shape index (κ3) is 25.0. The van der Waals surface area contributed by atoms with E-state index in [2.05, 4.69) is 317 Å². The number of hydrogen-bond donors (Lipinski definition) is 8. The van der Waals surface area contributed by atoms with Gasteiger partial charge in [0.25, 0.3) is 0 Å². The number of aromatic hydroxyl groups is 8. The lowest BCUT2D eigenvalue weighted by Gasteiger charge is -2.29. The van der Waals surface area contributed by atoms with Crippen LogP contribution in [0.3, 0.4) is 0 Å². The van der Waals surface area contributed by atoms with Crippen LogP contribution in [0.15, 0.2) is 107 Å². The van der Waals surface area contributed by atoms with Crippen molar-refractivity contribution in [2.75, 3.05) is 0 Å². The molecule has 0 aliphatic rings. The summed E-state index contributed by atoms with van der Waals surface area (Å²) in [5.41, 5.74) is 22.4. The molecule has 606 valence electrons. The predicted octanol–water partition coefficient (Wildman–Crippen LogP) is 28.2. The van der Waals surface area contributed by atoms with E-state index < -0.39 is 0 Å². The van der Waals surface area contributed by atoms with Crippen LogP contribution < -0.4 is 0 Å². The van der Waals surface area contributed by atoms with Crippen LogP contribution in [0, 0.1) is 55.4 Å². The normalized spacial score (nSPS) is 12.7. The molecule has 8 aromatic carbocycles. The summed E-state index contributed by atoms with van der Waals surface area (Å²) in [5, 5.41) is 84.1. The molecule has 0 unspecified atom stereocenters. The summed E-state index contributed by atoms with van der Waals surface area (Å²) < 4.78 is 0. The molecule has 8 N–H and O–H groups in total. The van der Waals surface area contributed by atoms with Gasteiger partial charge in [0.05, 0.1) is 0 Å². The monoisotopic (exact) mass is 1520 g/mol. The van der Waals surface area contributed by atoms with Gasteiger partial charge in [-0.05, 0) is 241 Å². The highest BCUT2D eigenvalue weighted by molar-refractivity contribution is 7.99. The molecule has 0 saturated carbocycles. The topological polar surface area (TPSA) is 162 Å². The van der Waals surface area contributed by atoms with Crippen LogP contribution in [0.2, 0.25) is 0 Å². The second kappa shape index (κ2) is 34.9. The summed E-state index contributed by atoms with van der Waals surface area (Å²) in [6.45, 7) is 82.4. The van der Waals surface area contributed by atoms with Gasteiger partial charge in [-0.3, -0.25) is 0 Å². The molecule has 0 fully saturated rings. The zero-order valence-electron chi connectivity index (χ0n) is 75.9. The molecule has 0 bridgehead atoms. The minimum atomic E-state index is -0.129. The number of phenolic OH excluding ortho intramolecular Hbond substituents is 8. The van der Waals surface area contributed by atoms with E-state index in [1.54, 1.807) is 11.8 Å². The van der Waals surface area contributed by atoms with Gasteiger partial charge in [-0.2, -0.15) is 0 Å². The third-order valence-corrected chi connectivity index (χ3v) is 21.9. The van der Waals surface area contributed by atoms with Gasteiger partial charge < -0.3 is 40.9 Å². The number of aryl methyl sites for hydroxylation is 8. The van der Waals surface area contributed by atoms with Gasteiger partial charge in [0.2, 0.25) is 0 Å². The summed E-state index contributed by atoms with van der Waals surface area (Å²) >= 11 is 1.70. The summed E-state index contributed by atoms with van der Waals surface area (Å²) in [5.74, 6) is 3.32. The van der Waals surface area contributed by atoms with Crippen LogP contribution in [-0.2, 0) is 60.6 Å². The highest BCUT2D eigenvalue weighted by Gasteiger charge is 2.32. The van der Waals surface area contributed by atoms with E-state index in [0.717, 1.165) is 123 Å². The van der Waals surface area contributed by atoms with E-state index in [9.17, 15) is 40.9 Å². The van der Waals surface area contributed by atoms with Crippen molar-refractivity contribution < 1.29 is 40.9 Å². The first kappa shape index (κ1) is 94.9. The van der Waals surface area contributed by atoms with Gasteiger partial charge in [-0.25, -0.2) is 0 Å². The maximum absolute atomic E-state index is 10.8. The summed E-state index contributed by atoms with van der Waals surface area (Å²) in [6.07, 6.45) is 2.62. The Morgan fingerprint density at radius 3 is 0.664 bits per heavy atom. The van der Waals surface area contributed by atoms with E-state index in [1.165, 1.54) is 22.3 Å². The highest BCUT2D eigenvalue weighted by Crippen LogP contribution is 2.48. The first-order valence-corrected chi connectivity index (χ1v) is 40.7. The smallest absolute Gasteiger partial charge is 0.123 e. The van der Waals surface area contributed by atoms with Crippen molar-refractivity contribution in [3.63, 3.8) is 0 Å². The molecule has 110 heavy (non-hydrogen) atoms. The Morgan fingerprint density at radius 1 is 0.245 bits per heavy atom. The van der Waals surface area contributed by atoms with Gasteiger partial charge in [-0.1, -0.05) is 316 Å². The molecule has 0 aliphatic heterocycles. The highest BCUT2D eigenvalue weighted by atomic mass is 32.2. The average Bonchev–Trinajstić information content (AvgIpc) is 0.775. The zero-order chi connectivity index (χ0) is 85.2. The van der Waals surface area contributed by atoms with Crippen molar-refractivity contribution in [1.29, 1.82) is 0 Å². The molecule has 0 heterocycles. The Bertz CT molecular complexity index is 4170. The Balaban J connectivity index is 0.000000295. The Hall–Kier alpha value is -7.49. The lowest BCUT2D eigenvalue weighted by Crippen LogP contribution is -2.17. The number of phenols is 8. The SMILES string of the molecule is CCCC(c1cc(C(C)(C)C)c(O)cc1C)c1cc(C(C)(C)C)c(O)cc1C.Cc1cc(C(C)(C)C)c(O)c(C(C)(C)C)c1.Cc1cc(C(C)(C)C)c(O)c(C(C)(C)C)c1.Cc1cc(Cc2cc(C)cc(C(C)(C)C)c2O)c(O)c(C(C)(C)C)c1.Cc1cc(O)c(C(C)(C)C)cc1Sc1cc(C(C)(C)C)c(O)cc1C. The van der Waals surface area contributed by atoms with Crippen LogP contribution in [0.1, 0.15) is 356 Å². The first-order valence-electron chi connectivity index (χ1n) is 39.8. The maximum atomic E-state index is 10.8. The Kier molecular flexibility index (Phi) is 30.1. The lowest BCUT2D eigenvalue weighted by atomic mass is 9.76. The van der Waals surface area contributed by atoms with Crippen LogP contribution in [-0.4, -0.2) is 40.9 Å². The fourth-order valence-corrected chi connectivity index (χ4v) is 15.2. The first-order chi connectivity index (χ1) is 49.4. The molecule has 0 amide bonds. The molecule has 9 heteroatoms. The lowest BCUT2D eigenvalue weighted by molar-refractivity contribution is 0.422. The van der Waals surface area contributed by atoms with Crippen LogP contribution in [0.25, 0.3) is 0 Å². The van der Waals surface area contributed by atoms with Crippen molar-refractivity contribution in [1.82, 2.24) is 0 Å². The molecule has 8 aromatic rings. The Labute approximate surface area is 673 Å². The fourth-order valence-electron chi connectivity index (χ4n) is 14.2. The number of rotatable bonds is 8.